The van der Waals surface area contributed by atoms with Crippen LogP contribution in [0.3, 0.4) is 0 Å². The molecule has 2 N–H and O–H groups in total. The van der Waals surface area contributed by atoms with E-state index in [1.807, 2.05) is 25.1 Å². The van der Waals surface area contributed by atoms with Gasteiger partial charge in [-0.15, -0.1) is 0 Å². The Balaban J connectivity index is 1.52. The molecule has 0 saturated carbocycles. The highest BCUT2D eigenvalue weighted by Gasteiger charge is 2.28. The number of rotatable bonds is 8. The first kappa shape index (κ1) is 22.9. The lowest BCUT2D eigenvalue weighted by Gasteiger charge is -2.28. The number of likely N-dealkylation sites (tertiary alicyclic amines) is 1. The minimum Gasteiger partial charge on any atom is -0.484 e. The summed E-state index contributed by atoms with van der Waals surface area (Å²) in [7, 11) is 0. The number of ether oxygens (including phenoxy) is 1. The highest BCUT2D eigenvalue weighted by Crippen LogP contribution is 2.25. The zero-order chi connectivity index (χ0) is 22.3. The molecule has 5 nitrogen and oxygen atoms in total. The van der Waals surface area contributed by atoms with Gasteiger partial charge in [0.1, 0.15) is 5.75 Å². The lowest BCUT2D eigenvalue weighted by Crippen LogP contribution is -2.42. The van der Waals surface area contributed by atoms with Crippen LogP contribution in [0.5, 0.6) is 5.75 Å². The summed E-state index contributed by atoms with van der Waals surface area (Å²) in [5.41, 5.74) is 1.95. The van der Waals surface area contributed by atoms with Crippen LogP contribution in [-0.4, -0.2) is 43.3 Å². The summed E-state index contributed by atoms with van der Waals surface area (Å²) in [6.45, 7) is 3.01. The van der Waals surface area contributed by atoms with Gasteiger partial charge in [-0.2, -0.15) is 13.2 Å². The van der Waals surface area contributed by atoms with Crippen molar-refractivity contribution in [3.63, 3.8) is 0 Å². The average Bonchev–Trinajstić information content (AvgIpc) is 3.27. The zero-order valence-corrected chi connectivity index (χ0v) is 17.5. The third-order valence-electron chi connectivity index (χ3n) is 5.35. The van der Waals surface area contributed by atoms with Crippen LogP contribution in [0, 0.1) is 0 Å². The topological polar surface area (TPSA) is 53.6 Å². The normalized spacial score (nSPS) is 16.5. The van der Waals surface area contributed by atoms with E-state index in [0.717, 1.165) is 31.5 Å². The van der Waals surface area contributed by atoms with Crippen molar-refractivity contribution in [2.45, 2.75) is 38.0 Å². The van der Waals surface area contributed by atoms with Crippen LogP contribution in [0.4, 0.5) is 18.0 Å². The quantitative estimate of drug-likeness (QED) is 0.625. The van der Waals surface area contributed by atoms with Crippen molar-refractivity contribution < 1.29 is 22.7 Å². The number of hydrogen-bond acceptors (Lipinski definition) is 3. The van der Waals surface area contributed by atoms with Crippen LogP contribution in [0.15, 0.2) is 54.6 Å². The van der Waals surface area contributed by atoms with Crippen molar-refractivity contribution in [2.24, 2.45) is 0 Å². The van der Waals surface area contributed by atoms with Gasteiger partial charge in [-0.25, -0.2) is 4.79 Å². The molecule has 3 rings (SSSR count). The van der Waals surface area contributed by atoms with Crippen LogP contribution < -0.4 is 15.4 Å². The van der Waals surface area contributed by atoms with E-state index in [0.29, 0.717) is 6.54 Å². The summed E-state index contributed by atoms with van der Waals surface area (Å²) in [6.07, 6.45) is -2.05. The standard InChI is InChI=1S/C23H28F3N3O2/c1-17(18-9-11-20(12-10-18)31-16-23(24,25)26)28-22(30)27-15-21(29-13-5-6-14-29)19-7-3-2-4-8-19/h2-4,7-12,17,21H,5-6,13-16H2,1H3,(H2,27,28,30). The number of hydrogen-bond donors (Lipinski definition) is 2. The molecule has 31 heavy (non-hydrogen) atoms. The molecule has 0 aliphatic carbocycles. The zero-order valence-electron chi connectivity index (χ0n) is 17.5. The van der Waals surface area contributed by atoms with E-state index in [1.54, 1.807) is 12.1 Å². The van der Waals surface area contributed by atoms with Gasteiger partial charge in [0.15, 0.2) is 6.61 Å². The summed E-state index contributed by atoms with van der Waals surface area (Å²) in [5.74, 6) is 0.133. The molecular weight excluding hydrogens is 407 g/mol. The Labute approximate surface area is 180 Å². The molecule has 2 aromatic carbocycles. The molecule has 168 valence electrons. The third kappa shape index (κ3) is 7.17. The van der Waals surface area contributed by atoms with Crippen molar-refractivity contribution in [3.8, 4) is 5.75 Å². The fourth-order valence-electron chi connectivity index (χ4n) is 3.72. The number of carbonyl (C=O) groups excluding carboxylic acids is 1. The number of alkyl halides is 3. The first-order chi connectivity index (χ1) is 14.8. The molecule has 1 aliphatic heterocycles. The second-order valence-electron chi connectivity index (χ2n) is 7.72. The van der Waals surface area contributed by atoms with E-state index in [4.69, 9.17) is 4.74 Å². The lowest BCUT2D eigenvalue weighted by atomic mass is 10.1. The lowest BCUT2D eigenvalue weighted by molar-refractivity contribution is -0.153. The molecule has 8 heteroatoms. The molecule has 0 spiro atoms. The van der Waals surface area contributed by atoms with Crippen molar-refractivity contribution >= 4 is 6.03 Å². The molecule has 2 unspecified atom stereocenters. The van der Waals surface area contributed by atoms with E-state index in [1.165, 1.54) is 17.7 Å². The minimum atomic E-state index is -4.38. The molecule has 1 aliphatic rings. The Morgan fingerprint density at radius 1 is 1.03 bits per heavy atom. The maximum atomic E-state index is 12.5. The van der Waals surface area contributed by atoms with E-state index >= 15 is 0 Å². The number of urea groups is 1. The average molecular weight is 435 g/mol. The highest BCUT2D eigenvalue weighted by molar-refractivity contribution is 5.74. The van der Waals surface area contributed by atoms with Crippen molar-refractivity contribution in [1.29, 1.82) is 0 Å². The summed E-state index contributed by atoms with van der Waals surface area (Å²) in [6, 6.07) is 15.9. The maximum Gasteiger partial charge on any atom is 0.422 e. The Morgan fingerprint density at radius 2 is 1.68 bits per heavy atom. The highest BCUT2D eigenvalue weighted by atomic mass is 19.4. The molecule has 1 saturated heterocycles. The molecule has 1 fully saturated rings. The van der Waals surface area contributed by atoms with Gasteiger partial charge in [-0.3, -0.25) is 4.90 Å². The molecule has 2 atom stereocenters. The van der Waals surface area contributed by atoms with Gasteiger partial charge in [-0.05, 0) is 56.1 Å². The number of carbonyl (C=O) groups is 1. The fraction of sp³-hybridized carbons (Fsp3) is 0.435. The summed E-state index contributed by atoms with van der Waals surface area (Å²) >= 11 is 0. The fourth-order valence-corrected chi connectivity index (χ4v) is 3.72. The van der Waals surface area contributed by atoms with E-state index in [9.17, 15) is 18.0 Å². The first-order valence-corrected chi connectivity index (χ1v) is 10.4. The van der Waals surface area contributed by atoms with Crippen LogP contribution >= 0.6 is 0 Å². The molecule has 1 heterocycles. The number of nitrogens with zero attached hydrogens (tertiary/aromatic N) is 1. The van der Waals surface area contributed by atoms with E-state index in [-0.39, 0.29) is 23.9 Å². The number of nitrogens with one attached hydrogen (secondary N) is 2. The van der Waals surface area contributed by atoms with Gasteiger partial charge in [0.25, 0.3) is 0 Å². The van der Waals surface area contributed by atoms with Crippen LogP contribution in [-0.2, 0) is 0 Å². The molecule has 0 bridgehead atoms. The molecule has 2 aromatic rings. The Hall–Kier alpha value is -2.74. The molecule has 0 aromatic heterocycles. The molecular formula is C23H28F3N3O2. The van der Waals surface area contributed by atoms with Gasteiger partial charge < -0.3 is 15.4 Å². The monoisotopic (exact) mass is 435 g/mol. The van der Waals surface area contributed by atoms with Crippen LogP contribution in [0.1, 0.15) is 43.0 Å². The van der Waals surface area contributed by atoms with Gasteiger partial charge >= 0.3 is 12.2 Å². The predicted octanol–water partition coefficient (Wildman–Crippen LogP) is 4.83. The number of amides is 2. The van der Waals surface area contributed by atoms with E-state index < -0.39 is 12.8 Å². The Kier molecular flexibility index (Phi) is 7.79. The Morgan fingerprint density at radius 3 is 2.29 bits per heavy atom. The number of benzene rings is 2. The van der Waals surface area contributed by atoms with Crippen LogP contribution in [0.2, 0.25) is 0 Å². The van der Waals surface area contributed by atoms with Crippen molar-refractivity contribution in [3.05, 3.63) is 65.7 Å². The van der Waals surface area contributed by atoms with Gasteiger partial charge in [0.05, 0.1) is 12.1 Å². The molecule has 2 amide bonds. The van der Waals surface area contributed by atoms with Crippen molar-refractivity contribution in [1.82, 2.24) is 15.5 Å². The largest absolute Gasteiger partial charge is 0.484 e. The minimum absolute atomic E-state index is 0.120. The SMILES string of the molecule is CC(NC(=O)NCC(c1ccccc1)N1CCCC1)c1ccc(OCC(F)(F)F)cc1. The van der Waals surface area contributed by atoms with Crippen molar-refractivity contribution in [2.75, 3.05) is 26.2 Å². The smallest absolute Gasteiger partial charge is 0.422 e. The van der Waals surface area contributed by atoms with Gasteiger partial charge in [-0.1, -0.05) is 42.5 Å². The summed E-state index contributed by atoms with van der Waals surface area (Å²) in [5, 5.41) is 5.85. The predicted molar refractivity (Wildman–Crippen MR) is 113 cm³/mol. The van der Waals surface area contributed by atoms with E-state index in [2.05, 4.69) is 27.7 Å². The molecule has 0 radical (unpaired) electrons. The Bertz CT molecular complexity index is 822. The second-order valence-corrected chi connectivity index (χ2v) is 7.72. The third-order valence-corrected chi connectivity index (χ3v) is 5.35. The summed E-state index contributed by atoms with van der Waals surface area (Å²) < 4.78 is 41.5. The van der Waals surface area contributed by atoms with Gasteiger partial charge in [0.2, 0.25) is 0 Å². The van der Waals surface area contributed by atoms with Crippen LogP contribution in [0.25, 0.3) is 0 Å². The van der Waals surface area contributed by atoms with Gasteiger partial charge in [0, 0.05) is 6.54 Å². The second kappa shape index (κ2) is 10.5. The number of halogens is 3. The first-order valence-electron chi connectivity index (χ1n) is 10.4. The summed E-state index contributed by atoms with van der Waals surface area (Å²) in [4.78, 5) is 14.9. The maximum absolute atomic E-state index is 12.5.